The van der Waals surface area contributed by atoms with Gasteiger partial charge >= 0.3 is 0 Å². The Morgan fingerprint density at radius 1 is 0.905 bits per heavy atom. The first-order valence-corrected chi connectivity index (χ1v) is 7.32. The molecular weight excluding hydrogens is 328 g/mol. The van der Waals surface area contributed by atoms with E-state index in [1.165, 1.54) is 0 Å². The third kappa shape index (κ3) is 1.89. The monoisotopic (exact) mass is 338 g/mol. The molecule has 5 heteroatoms. The first-order valence-electron chi connectivity index (χ1n) is 6.53. The third-order valence-corrected chi connectivity index (χ3v) is 4.34. The van der Waals surface area contributed by atoms with E-state index in [0.29, 0.717) is 5.69 Å². The van der Waals surface area contributed by atoms with Crippen LogP contribution >= 0.6 is 15.9 Å². The molecule has 0 aliphatic heterocycles. The van der Waals surface area contributed by atoms with Crippen molar-refractivity contribution < 1.29 is 0 Å². The van der Waals surface area contributed by atoms with Crippen molar-refractivity contribution >= 4 is 43.4 Å². The molecule has 21 heavy (non-hydrogen) atoms. The van der Waals surface area contributed by atoms with Crippen LogP contribution in [0.1, 0.15) is 0 Å². The van der Waals surface area contributed by atoms with Gasteiger partial charge in [0.1, 0.15) is 11.0 Å². The first kappa shape index (κ1) is 12.3. The van der Waals surface area contributed by atoms with E-state index < -0.39 is 0 Å². The molecule has 4 aromatic rings. The van der Waals surface area contributed by atoms with Crippen LogP contribution < -0.4 is 5.73 Å². The Morgan fingerprint density at radius 3 is 2.62 bits per heavy atom. The van der Waals surface area contributed by atoms with Crippen LogP contribution in [0.4, 0.5) is 5.69 Å². The highest BCUT2D eigenvalue weighted by atomic mass is 79.9. The second-order valence-corrected chi connectivity index (χ2v) is 5.62. The van der Waals surface area contributed by atoms with Crippen LogP contribution in [0.2, 0.25) is 0 Å². The van der Waals surface area contributed by atoms with Gasteiger partial charge in [-0.05, 0) is 39.5 Å². The fraction of sp³-hybridized carbons (Fsp3) is 0. The van der Waals surface area contributed by atoms with E-state index >= 15 is 0 Å². The number of nitrogens with zero attached hydrogens (tertiary/aromatic N) is 3. The number of aromatic nitrogens is 3. The normalized spacial score (nSPS) is 11.3. The molecule has 1 aromatic heterocycles. The van der Waals surface area contributed by atoms with Crippen LogP contribution in [0.15, 0.2) is 59.1 Å². The molecule has 3 aromatic carbocycles. The molecule has 0 saturated carbocycles. The van der Waals surface area contributed by atoms with Crippen LogP contribution in [-0.2, 0) is 0 Å². The minimum Gasteiger partial charge on any atom is -0.398 e. The van der Waals surface area contributed by atoms with E-state index in [-0.39, 0.29) is 0 Å². The average Bonchev–Trinajstić information content (AvgIpc) is 2.95. The van der Waals surface area contributed by atoms with E-state index in [4.69, 9.17) is 5.73 Å². The van der Waals surface area contributed by atoms with Gasteiger partial charge in [0.15, 0.2) is 0 Å². The standard InChI is InChI=1S/C16H11BrN4/c17-15-12(18)8-9-13-16(15)20-21(19-13)14-7-3-5-10-4-1-2-6-11(10)14/h1-9H,18H2. The molecule has 4 rings (SSSR count). The topological polar surface area (TPSA) is 56.7 Å². The highest BCUT2D eigenvalue weighted by Gasteiger charge is 2.11. The molecule has 102 valence electrons. The number of fused-ring (bicyclic) bond motifs is 2. The SMILES string of the molecule is Nc1ccc2nn(-c3cccc4ccccc34)nc2c1Br. The molecule has 4 nitrogen and oxygen atoms in total. The second kappa shape index (κ2) is 4.56. The van der Waals surface area contributed by atoms with Crippen LogP contribution in [0.5, 0.6) is 0 Å². The Kier molecular flexibility index (Phi) is 2.68. The molecule has 0 amide bonds. The Hall–Kier alpha value is -2.40. The van der Waals surface area contributed by atoms with Gasteiger partial charge in [-0.2, -0.15) is 0 Å². The summed E-state index contributed by atoms with van der Waals surface area (Å²) in [4.78, 5) is 1.66. The van der Waals surface area contributed by atoms with E-state index in [9.17, 15) is 0 Å². The smallest absolute Gasteiger partial charge is 0.129 e. The predicted molar refractivity (Wildman–Crippen MR) is 88.5 cm³/mol. The molecule has 0 unspecified atom stereocenters. The lowest BCUT2D eigenvalue weighted by Crippen LogP contribution is -1.99. The molecule has 0 aliphatic rings. The van der Waals surface area contributed by atoms with Crippen molar-refractivity contribution in [1.29, 1.82) is 0 Å². The molecule has 0 radical (unpaired) electrons. The summed E-state index contributed by atoms with van der Waals surface area (Å²) in [6.07, 6.45) is 0. The summed E-state index contributed by atoms with van der Waals surface area (Å²) in [5, 5.41) is 11.4. The van der Waals surface area contributed by atoms with Gasteiger partial charge in [-0.15, -0.1) is 15.0 Å². The largest absolute Gasteiger partial charge is 0.398 e. The molecular formula is C16H11BrN4. The van der Waals surface area contributed by atoms with Crippen LogP contribution in [0, 0.1) is 0 Å². The molecule has 0 saturated heterocycles. The minimum atomic E-state index is 0.660. The number of hydrogen-bond acceptors (Lipinski definition) is 3. The van der Waals surface area contributed by atoms with Gasteiger partial charge in [-0.1, -0.05) is 36.4 Å². The maximum absolute atomic E-state index is 5.90. The fourth-order valence-corrected chi connectivity index (χ4v) is 2.87. The quantitative estimate of drug-likeness (QED) is 0.535. The fourth-order valence-electron chi connectivity index (χ4n) is 2.46. The van der Waals surface area contributed by atoms with Gasteiger partial charge in [-0.25, -0.2) is 0 Å². The summed E-state index contributed by atoms with van der Waals surface area (Å²) < 4.78 is 0.784. The number of anilines is 1. The Morgan fingerprint density at radius 2 is 1.71 bits per heavy atom. The summed E-state index contributed by atoms with van der Waals surface area (Å²) >= 11 is 3.48. The zero-order chi connectivity index (χ0) is 14.4. The highest BCUT2D eigenvalue weighted by molar-refractivity contribution is 9.10. The maximum Gasteiger partial charge on any atom is 0.129 e. The minimum absolute atomic E-state index is 0.660. The lowest BCUT2D eigenvalue weighted by atomic mass is 10.1. The van der Waals surface area contributed by atoms with E-state index in [0.717, 1.165) is 32.0 Å². The van der Waals surface area contributed by atoms with Crippen molar-refractivity contribution in [1.82, 2.24) is 15.0 Å². The molecule has 0 fully saturated rings. The number of halogens is 1. The Labute approximate surface area is 129 Å². The lowest BCUT2D eigenvalue weighted by Gasteiger charge is -2.04. The third-order valence-electron chi connectivity index (χ3n) is 3.50. The van der Waals surface area contributed by atoms with Crippen LogP contribution in [-0.4, -0.2) is 15.0 Å². The molecule has 0 atom stereocenters. The first-order chi connectivity index (χ1) is 10.2. The molecule has 2 N–H and O–H groups in total. The zero-order valence-electron chi connectivity index (χ0n) is 11.0. The van der Waals surface area contributed by atoms with Gasteiger partial charge in [0.25, 0.3) is 0 Å². The van der Waals surface area contributed by atoms with Crippen LogP contribution in [0.25, 0.3) is 27.5 Å². The lowest BCUT2D eigenvalue weighted by molar-refractivity contribution is 0.771. The van der Waals surface area contributed by atoms with Crippen molar-refractivity contribution in [2.75, 3.05) is 5.73 Å². The van der Waals surface area contributed by atoms with Gasteiger partial charge in [0, 0.05) is 11.1 Å². The van der Waals surface area contributed by atoms with Crippen molar-refractivity contribution in [2.45, 2.75) is 0 Å². The van der Waals surface area contributed by atoms with Crippen molar-refractivity contribution in [2.24, 2.45) is 0 Å². The van der Waals surface area contributed by atoms with Crippen molar-refractivity contribution in [3.05, 3.63) is 59.1 Å². The summed E-state index contributed by atoms with van der Waals surface area (Å²) in [6, 6.07) is 18.0. The number of rotatable bonds is 1. The van der Waals surface area contributed by atoms with E-state index in [1.54, 1.807) is 4.80 Å². The number of hydrogen-bond donors (Lipinski definition) is 1. The summed E-state index contributed by atoms with van der Waals surface area (Å²) in [7, 11) is 0. The van der Waals surface area contributed by atoms with Gasteiger partial charge < -0.3 is 5.73 Å². The van der Waals surface area contributed by atoms with E-state index in [2.05, 4.69) is 44.3 Å². The van der Waals surface area contributed by atoms with Crippen molar-refractivity contribution in [3.63, 3.8) is 0 Å². The maximum atomic E-state index is 5.90. The summed E-state index contributed by atoms with van der Waals surface area (Å²) in [5.74, 6) is 0. The predicted octanol–water partition coefficient (Wildman–Crippen LogP) is 3.92. The molecule has 1 heterocycles. The van der Waals surface area contributed by atoms with Gasteiger partial charge in [-0.3, -0.25) is 0 Å². The zero-order valence-corrected chi connectivity index (χ0v) is 12.6. The molecule has 0 bridgehead atoms. The van der Waals surface area contributed by atoms with Gasteiger partial charge in [0.2, 0.25) is 0 Å². The summed E-state index contributed by atoms with van der Waals surface area (Å²) in [6.45, 7) is 0. The van der Waals surface area contributed by atoms with Crippen LogP contribution in [0.3, 0.4) is 0 Å². The summed E-state index contributed by atoms with van der Waals surface area (Å²) in [5.41, 5.74) is 9.09. The Bertz CT molecular complexity index is 969. The van der Waals surface area contributed by atoms with Gasteiger partial charge in [0.05, 0.1) is 10.2 Å². The number of nitrogen functional groups attached to an aromatic ring is 1. The van der Waals surface area contributed by atoms with Crippen molar-refractivity contribution in [3.8, 4) is 5.69 Å². The molecule has 0 aliphatic carbocycles. The average molecular weight is 339 g/mol. The number of benzene rings is 3. The Balaban J connectivity index is 2.03. The second-order valence-electron chi connectivity index (χ2n) is 4.82. The highest BCUT2D eigenvalue weighted by Crippen LogP contribution is 2.28. The van der Waals surface area contributed by atoms with E-state index in [1.807, 2.05) is 36.4 Å². The molecule has 0 spiro atoms. The number of nitrogens with two attached hydrogens (primary N) is 1.